The molecule has 0 saturated heterocycles. The molecule has 2 aromatic rings. The lowest BCUT2D eigenvalue weighted by atomic mass is 10.1. The molecule has 124 valence electrons. The minimum absolute atomic E-state index is 0.651. The first kappa shape index (κ1) is 18.4. The number of hydrogen-bond acceptors (Lipinski definition) is 2. The molecule has 0 aromatic heterocycles. The molecule has 0 spiro atoms. The van der Waals surface area contributed by atoms with Crippen LogP contribution in [0, 0.1) is 0 Å². The summed E-state index contributed by atoms with van der Waals surface area (Å²) in [4.78, 5) is 0. The zero-order valence-electron chi connectivity index (χ0n) is 13.0. The van der Waals surface area contributed by atoms with Crippen molar-refractivity contribution in [2.75, 3.05) is 13.2 Å². The fourth-order valence-electron chi connectivity index (χ4n) is 2.16. The van der Waals surface area contributed by atoms with Gasteiger partial charge in [-0.05, 0) is 54.8 Å². The van der Waals surface area contributed by atoms with Crippen LogP contribution in [0.15, 0.2) is 36.4 Å². The minimum atomic E-state index is 0.651. The second kappa shape index (κ2) is 9.39. The quantitative estimate of drug-likeness (QED) is 0.594. The third-order valence-electron chi connectivity index (χ3n) is 3.37. The predicted octanol–water partition coefficient (Wildman–Crippen LogP) is 5.77. The maximum atomic E-state index is 6.23. The van der Waals surface area contributed by atoms with Crippen LogP contribution in [0.5, 0.6) is 5.75 Å². The molecule has 2 rings (SSSR count). The highest BCUT2D eigenvalue weighted by Gasteiger charge is 2.04. The van der Waals surface area contributed by atoms with Gasteiger partial charge in [-0.3, -0.25) is 0 Å². The number of halogens is 3. The second-order valence-electron chi connectivity index (χ2n) is 5.28. The molecule has 23 heavy (non-hydrogen) atoms. The van der Waals surface area contributed by atoms with E-state index in [0.29, 0.717) is 21.7 Å². The molecule has 1 N–H and O–H groups in total. The molecule has 5 heteroatoms. The van der Waals surface area contributed by atoms with E-state index in [-0.39, 0.29) is 0 Å². The zero-order valence-corrected chi connectivity index (χ0v) is 15.3. The van der Waals surface area contributed by atoms with E-state index >= 15 is 0 Å². The Kier molecular flexibility index (Phi) is 7.51. The van der Waals surface area contributed by atoms with Gasteiger partial charge in [-0.25, -0.2) is 0 Å². The number of nitrogens with one attached hydrogen (secondary N) is 1. The standard InChI is InChI=1S/C18H20Cl3NO/c1-2-9-23-18-6-3-13(10-17(18)21)12-22-8-7-14-4-5-15(19)11-16(14)20/h3-6,10-11,22H,2,7-9,12H2,1H3. The Morgan fingerprint density at radius 3 is 2.52 bits per heavy atom. The van der Waals surface area contributed by atoms with Crippen molar-refractivity contribution in [3.05, 3.63) is 62.6 Å². The van der Waals surface area contributed by atoms with E-state index in [1.165, 1.54) is 0 Å². The molecule has 0 radical (unpaired) electrons. The topological polar surface area (TPSA) is 21.3 Å². The van der Waals surface area contributed by atoms with E-state index < -0.39 is 0 Å². The Balaban J connectivity index is 1.81. The van der Waals surface area contributed by atoms with E-state index in [1.54, 1.807) is 6.07 Å². The fraction of sp³-hybridized carbons (Fsp3) is 0.333. The van der Waals surface area contributed by atoms with Crippen molar-refractivity contribution < 1.29 is 4.74 Å². The molecule has 0 bridgehead atoms. The lowest BCUT2D eigenvalue weighted by molar-refractivity contribution is 0.317. The number of rotatable bonds is 8. The Hall–Kier alpha value is -0.930. The Labute approximate surface area is 152 Å². The largest absolute Gasteiger partial charge is 0.492 e. The summed E-state index contributed by atoms with van der Waals surface area (Å²) in [7, 11) is 0. The molecule has 2 aromatic carbocycles. The third-order valence-corrected chi connectivity index (χ3v) is 4.26. The summed E-state index contributed by atoms with van der Waals surface area (Å²) in [5.41, 5.74) is 2.21. The average molecular weight is 373 g/mol. The van der Waals surface area contributed by atoms with Crippen LogP contribution in [-0.4, -0.2) is 13.2 Å². The molecule has 0 aliphatic rings. The minimum Gasteiger partial charge on any atom is -0.492 e. The van der Waals surface area contributed by atoms with Gasteiger partial charge in [0.05, 0.1) is 11.6 Å². The average Bonchev–Trinajstić information content (AvgIpc) is 2.52. The van der Waals surface area contributed by atoms with Gasteiger partial charge in [0.15, 0.2) is 0 Å². The van der Waals surface area contributed by atoms with Crippen molar-refractivity contribution in [2.45, 2.75) is 26.3 Å². The first-order valence-electron chi connectivity index (χ1n) is 7.66. The first-order valence-corrected chi connectivity index (χ1v) is 8.79. The zero-order chi connectivity index (χ0) is 16.7. The molecule has 0 amide bonds. The number of hydrogen-bond donors (Lipinski definition) is 1. The Bertz CT molecular complexity index is 646. The summed E-state index contributed by atoms with van der Waals surface area (Å²) in [6, 6.07) is 11.5. The van der Waals surface area contributed by atoms with E-state index in [2.05, 4.69) is 12.2 Å². The van der Waals surface area contributed by atoms with Crippen molar-refractivity contribution in [1.29, 1.82) is 0 Å². The van der Waals surface area contributed by atoms with Gasteiger partial charge < -0.3 is 10.1 Å². The van der Waals surface area contributed by atoms with Crippen molar-refractivity contribution in [2.24, 2.45) is 0 Å². The van der Waals surface area contributed by atoms with Crippen molar-refractivity contribution in [3.63, 3.8) is 0 Å². The van der Waals surface area contributed by atoms with Crippen molar-refractivity contribution in [1.82, 2.24) is 5.32 Å². The van der Waals surface area contributed by atoms with Crippen LogP contribution in [0.4, 0.5) is 0 Å². The van der Waals surface area contributed by atoms with Gasteiger partial charge >= 0.3 is 0 Å². The van der Waals surface area contributed by atoms with Gasteiger partial charge in [0.2, 0.25) is 0 Å². The van der Waals surface area contributed by atoms with Crippen LogP contribution in [0.1, 0.15) is 24.5 Å². The van der Waals surface area contributed by atoms with Crippen LogP contribution >= 0.6 is 34.8 Å². The summed E-state index contributed by atoms with van der Waals surface area (Å²) in [6.45, 7) is 4.32. The molecule has 0 aliphatic heterocycles. The van der Waals surface area contributed by atoms with E-state index in [0.717, 1.165) is 42.8 Å². The van der Waals surface area contributed by atoms with Gasteiger partial charge in [0.25, 0.3) is 0 Å². The van der Waals surface area contributed by atoms with Gasteiger partial charge in [-0.15, -0.1) is 0 Å². The molecule has 2 nitrogen and oxygen atoms in total. The third kappa shape index (κ3) is 5.89. The molecular weight excluding hydrogens is 353 g/mol. The number of benzene rings is 2. The molecular formula is C18H20Cl3NO. The highest BCUT2D eigenvalue weighted by molar-refractivity contribution is 6.35. The summed E-state index contributed by atoms with van der Waals surface area (Å²) >= 11 is 18.3. The normalized spacial score (nSPS) is 10.8. The number of ether oxygens (including phenoxy) is 1. The van der Waals surface area contributed by atoms with E-state index in [9.17, 15) is 0 Å². The van der Waals surface area contributed by atoms with Crippen LogP contribution in [0.2, 0.25) is 15.1 Å². The summed E-state index contributed by atoms with van der Waals surface area (Å²) in [5, 5.41) is 5.41. The Morgan fingerprint density at radius 1 is 1.00 bits per heavy atom. The van der Waals surface area contributed by atoms with Gasteiger partial charge in [0, 0.05) is 16.6 Å². The maximum absolute atomic E-state index is 6.23. The highest BCUT2D eigenvalue weighted by atomic mass is 35.5. The molecule has 0 aliphatic carbocycles. The molecule has 0 unspecified atom stereocenters. The first-order chi connectivity index (χ1) is 11.1. The lowest BCUT2D eigenvalue weighted by Crippen LogP contribution is -2.16. The molecule has 0 saturated carbocycles. The maximum Gasteiger partial charge on any atom is 0.137 e. The van der Waals surface area contributed by atoms with E-state index in [4.69, 9.17) is 39.5 Å². The summed E-state index contributed by atoms with van der Waals surface area (Å²) in [6.07, 6.45) is 1.81. The molecule has 0 fully saturated rings. The Morgan fingerprint density at radius 2 is 1.83 bits per heavy atom. The van der Waals surface area contributed by atoms with Crippen LogP contribution in [-0.2, 0) is 13.0 Å². The SMILES string of the molecule is CCCOc1ccc(CNCCc2ccc(Cl)cc2Cl)cc1Cl. The van der Waals surface area contributed by atoms with E-state index in [1.807, 2.05) is 30.3 Å². The van der Waals surface area contributed by atoms with Crippen LogP contribution in [0.3, 0.4) is 0 Å². The van der Waals surface area contributed by atoms with Crippen molar-refractivity contribution in [3.8, 4) is 5.75 Å². The summed E-state index contributed by atoms with van der Waals surface area (Å²) < 4.78 is 5.57. The predicted molar refractivity (Wildman–Crippen MR) is 99.1 cm³/mol. The molecule has 0 heterocycles. The highest BCUT2D eigenvalue weighted by Crippen LogP contribution is 2.25. The van der Waals surface area contributed by atoms with Crippen LogP contribution < -0.4 is 10.1 Å². The lowest BCUT2D eigenvalue weighted by Gasteiger charge is -2.10. The monoisotopic (exact) mass is 371 g/mol. The van der Waals surface area contributed by atoms with Gasteiger partial charge in [-0.2, -0.15) is 0 Å². The van der Waals surface area contributed by atoms with Crippen LogP contribution in [0.25, 0.3) is 0 Å². The smallest absolute Gasteiger partial charge is 0.137 e. The second-order valence-corrected chi connectivity index (χ2v) is 6.53. The summed E-state index contributed by atoms with van der Waals surface area (Å²) in [5.74, 6) is 0.741. The fourth-order valence-corrected chi connectivity index (χ4v) is 2.92. The van der Waals surface area contributed by atoms with Gasteiger partial charge in [-0.1, -0.05) is 53.9 Å². The van der Waals surface area contributed by atoms with Gasteiger partial charge in [0.1, 0.15) is 5.75 Å². The van der Waals surface area contributed by atoms with Crippen molar-refractivity contribution >= 4 is 34.8 Å². The molecule has 0 atom stereocenters.